The van der Waals surface area contributed by atoms with Gasteiger partial charge >= 0.3 is 0 Å². The van der Waals surface area contributed by atoms with Crippen molar-refractivity contribution in [1.29, 1.82) is 0 Å². The van der Waals surface area contributed by atoms with Gasteiger partial charge in [0.25, 0.3) is 5.91 Å². The van der Waals surface area contributed by atoms with E-state index in [0.29, 0.717) is 31.6 Å². The highest BCUT2D eigenvalue weighted by atomic mass is 16.5. The first-order chi connectivity index (χ1) is 10.1. The third-order valence-corrected chi connectivity index (χ3v) is 3.43. The summed E-state index contributed by atoms with van der Waals surface area (Å²) in [4.78, 5) is 25.8. The monoisotopic (exact) mass is 290 g/mol. The molecule has 1 saturated heterocycles. The Bertz CT molecular complexity index is 480. The van der Waals surface area contributed by atoms with Crippen molar-refractivity contribution in [2.24, 2.45) is 0 Å². The molecule has 0 spiro atoms. The zero-order valence-electron chi connectivity index (χ0n) is 12.5. The SMILES string of the molecule is C[C@@H]1CN(C(=O)CCNC(=O)c2ccccc2)C[C@@H](C)O1. The van der Waals surface area contributed by atoms with Gasteiger partial charge in [-0.05, 0) is 26.0 Å². The second kappa shape index (κ2) is 7.22. The van der Waals surface area contributed by atoms with Gasteiger partial charge in [-0.15, -0.1) is 0 Å². The summed E-state index contributed by atoms with van der Waals surface area (Å²) in [6.07, 6.45) is 0.450. The lowest BCUT2D eigenvalue weighted by molar-refractivity contribution is -0.143. The topological polar surface area (TPSA) is 58.6 Å². The van der Waals surface area contributed by atoms with Gasteiger partial charge in [0.1, 0.15) is 0 Å². The Labute approximate surface area is 125 Å². The van der Waals surface area contributed by atoms with Crippen LogP contribution in [0.2, 0.25) is 0 Å². The van der Waals surface area contributed by atoms with E-state index in [-0.39, 0.29) is 24.0 Å². The summed E-state index contributed by atoms with van der Waals surface area (Å²) in [5.74, 6) is -0.0857. The van der Waals surface area contributed by atoms with E-state index in [1.165, 1.54) is 0 Å². The van der Waals surface area contributed by atoms with E-state index in [1.54, 1.807) is 12.1 Å². The number of rotatable bonds is 4. The Balaban J connectivity index is 1.75. The normalized spacial score (nSPS) is 21.9. The minimum atomic E-state index is -0.146. The predicted octanol–water partition coefficient (Wildman–Crippen LogP) is 1.44. The van der Waals surface area contributed by atoms with Crippen molar-refractivity contribution >= 4 is 11.8 Å². The number of nitrogens with one attached hydrogen (secondary N) is 1. The number of amides is 2. The van der Waals surface area contributed by atoms with Gasteiger partial charge in [0.05, 0.1) is 12.2 Å². The lowest BCUT2D eigenvalue weighted by Crippen LogP contribution is -2.48. The fraction of sp³-hybridized carbons (Fsp3) is 0.500. The molecule has 1 aromatic carbocycles. The maximum Gasteiger partial charge on any atom is 0.251 e. The second-order valence-electron chi connectivity index (χ2n) is 5.43. The van der Waals surface area contributed by atoms with Crippen LogP contribution in [0.3, 0.4) is 0 Å². The van der Waals surface area contributed by atoms with Gasteiger partial charge in [-0.1, -0.05) is 18.2 Å². The average molecular weight is 290 g/mol. The van der Waals surface area contributed by atoms with Crippen LogP contribution in [0.15, 0.2) is 30.3 Å². The lowest BCUT2D eigenvalue weighted by Gasteiger charge is -2.35. The van der Waals surface area contributed by atoms with E-state index in [4.69, 9.17) is 4.74 Å². The van der Waals surface area contributed by atoms with Crippen molar-refractivity contribution in [2.45, 2.75) is 32.5 Å². The molecule has 0 bridgehead atoms. The molecule has 5 heteroatoms. The van der Waals surface area contributed by atoms with E-state index in [1.807, 2.05) is 36.9 Å². The van der Waals surface area contributed by atoms with Gasteiger partial charge in [0, 0.05) is 31.6 Å². The van der Waals surface area contributed by atoms with Crippen LogP contribution in [0, 0.1) is 0 Å². The Morgan fingerprint density at radius 1 is 1.19 bits per heavy atom. The van der Waals surface area contributed by atoms with E-state index in [9.17, 15) is 9.59 Å². The van der Waals surface area contributed by atoms with Crippen LogP contribution in [0.4, 0.5) is 0 Å². The Morgan fingerprint density at radius 2 is 1.81 bits per heavy atom. The Morgan fingerprint density at radius 3 is 2.43 bits per heavy atom. The molecule has 0 saturated carbocycles. The molecule has 0 unspecified atom stereocenters. The third kappa shape index (κ3) is 4.56. The molecule has 114 valence electrons. The van der Waals surface area contributed by atoms with Crippen LogP contribution in [-0.2, 0) is 9.53 Å². The molecule has 2 amide bonds. The highest BCUT2D eigenvalue weighted by Crippen LogP contribution is 2.11. The van der Waals surface area contributed by atoms with Gasteiger partial charge in [0.2, 0.25) is 5.91 Å². The smallest absolute Gasteiger partial charge is 0.251 e. The van der Waals surface area contributed by atoms with Crippen LogP contribution in [0.5, 0.6) is 0 Å². The van der Waals surface area contributed by atoms with E-state index < -0.39 is 0 Å². The highest BCUT2D eigenvalue weighted by molar-refractivity contribution is 5.94. The van der Waals surface area contributed by atoms with Gasteiger partial charge in [-0.2, -0.15) is 0 Å². The molecule has 21 heavy (non-hydrogen) atoms. The van der Waals surface area contributed by atoms with Gasteiger partial charge in [-0.3, -0.25) is 9.59 Å². The van der Waals surface area contributed by atoms with Crippen LogP contribution < -0.4 is 5.32 Å². The molecule has 5 nitrogen and oxygen atoms in total. The molecule has 0 aromatic heterocycles. The van der Waals surface area contributed by atoms with Gasteiger partial charge in [0.15, 0.2) is 0 Å². The molecular formula is C16H22N2O3. The Kier molecular flexibility index (Phi) is 5.33. The largest absolute Gasteiger partial charge is 0.372 e. The fourth-order valence-electron chi connectivity index (χ4n) is 2.51. The summed E-state index contributed by atoms with van der Waals surface area (Å²) in [7, 11) is 0. The summed E-state index contributed by atoms with van der Waals surface area (Å²) >= 11 is 0. The number of ether oxygens (including phenoxy) is 1. The average Bonchev–Trinajstić information content (AvgIpc) is 2.47. The summed E-state index contributed by atoms with van der Waals surface area (Å²) < 4.78 is 5.60. The van der Waals surface area contributed by atoms with Crippen molar-refractivity contribution in [2.75, 3.05) is 19.6 Å². The minimum Gasteiger partial charge on any atom is -0.372 e. The fourth-order valence-corrected chi connectivity index (χ4v) is 2.51. The standard InChI is InChI=1S/C16H22N2O3/c1-12-10-18(11-13(2)21-12)15(19)8-9-17-16(20)14-6-4-3-5-7-14/h3-7,12-13H,8-11H2,1-2H3,(H,17,20)/t12-,13-/m1/s1. The van der Waals surface area contributed by atoms with Crippen LogP contribution in [0.25, 0.3) is 0 Å². The predicted molar refractivity (Wildman–Crippen MR) is 80.0 cm³/mol. The molecule has 1 N–H and O–H groups in total. The molecule has 1 aliphatic heterocycles. The molecule has 0 aliphatic carbocycles. The van der Waals surface area contributed by atoms with Crippen molar-refractivity contribution in [1.82, 2.24) is 10.2 Å². The number of carbonyl (C=O) groups is 2. The number of hydrogen-bond acceptors (Lipinski definition) is 3. The Hall–Kier alpha value is -1.88. The summed E-state index contributed by atoms with van der Waals surface area (Å²) in [6.45, 7) is 5.53. The number of morpholine rings is 1. The van der Waals surface area contributed by atoms with Crippen molar-refractivity contribution < 1.29 is 14.3 Å². The zero-order chi connectivity index (χ0) is 15.2. The summed E-state index contributed by atoms with van der Waals surface area (Å²) in [6, 6.07) is 9.00. The zero-order valence-corrected chi connectivity index (χ0v) is 12.5. The maximum absolute atomic E-state index is 12.1. The van der Waals surface area contributed by atoms with Gasteiger partial charge < -0.3 is 15.0 Å². The number of carbonyl (C=O) groups excluding carboxylic acids is 2. The number of benzene rings is 1. The van der Waals surface area contributed by atoms with E-state index in [0.717, 1.165) is 0 Å². The first-order valence-corrected chi connectivity index (χ1v) is 7.32. The molecule has 1 heterocycles. The molecule has 1 aromatic rings. The molecule has 2 atom stereocenters. The van der Waals surface area contributed by atoms with Crippen molar-refractivity contribution in [3.05, 3.63) is 35.9 Å². The first kappa shape index (κ1) is 15.5. The quantitative estimate of drug-likeness (QED) is 0.913. The molecule has 1 fully saturated rings. The van der Waals surface area contributed by atoms with Crippen molar-refractivity contribution in [3.63, 3.8) is 0 Å². The third-order valence-electron chi connectivity index (χ3n) is 3.43. The van der Waals surface area contributed by atoms with E-state index >= 15 is 0 Å². The summed E-state index contributed by atoms with van der Waals surface area (Å²) in [5, 5.41) is 2.77. The molecule has 2 rings (SSSR count). The highest BCUT2D eigenvalue weighted by Gasteiger charge is 2.25. The summed E-state index contributed by atoms with van der Waals surface area (Å²) in [5.41, 5.74) is 0.610. The van der Waals surface area contributed by atoms with Crippen LogP contribution in [0.1, 0.15) is 30.6 Å². The molecule has 1 aliphatic rings. The van der Waals surface area contributed by atoms with E-state index in [2.05, 4.69) is 5.32 Å². The maximum atomic E-state index is 12.1. The number of hydrogen-bond donors (Lipinski definition) is 1. The lowest BCUT2D eigenvalue weighted by atomic mass is 10.2. The van der Waals surface area contributed by atoms with Crippen molar-refractivity contribution in [3.8, 4) is 0 Å². The van der Waals surface area contributed by atoms with Crippen LogP contribution in [-0.4, -0.2) is 48.6 Å². The second-order valence-corrected chi connectivity index (χ2v) is 5.43. The van der Waals surface area contributed by atoms with Crippen LogP contribution >= 0.6 is 0 Å². The molecular weight excluding hydrogens is 268 g/mol. The molecule has 0 radical (unpaired) electrons. The first-order valence-electron chi connectivity index (χ1n) is 7.32. The van der Waals surface area contributed by atoms with Gasteiger partial charge in [-0.25, -0.2) is 0 Å². The number of nitrogens with zero attached hydrogens (tertiary/aromatic N) is 1. The minimum absolute atomic E-state index is 0.0605.